The van der Waals surface area contributed by atoms with Gasteiger partial charge < -0.3 is 4.90 Å². The molecule has 2 rings (SSSR count). The van der Waals surface area contributed by atoms with Crippen LogP contribution >= 0.6 is 11.6 Å². The van der Waals surface area contributed by atoms with Crippen molar-refractivity contribution in [2.45, 2.75) is 13.5 Å². The van der Waals surface area contributed by atoms with E-state index in [0.717, 1.165) is 17.9 Å². The number of anilines is 1. The van der Waals surface area contributed by atoms with Gasteiger partial charge in [-0.15, -0.1) is 0 Å². The van der Waals surface area contributed by atoms with Gasteiger partial charge in [-0.3, -0.25) is 4.98 Å². The van der Waals surface area contributed by atoms with Crippen LogP contribution in [0.15, 0.2) is 30.7 Å². The van der Waals surface area contributed by atoms with Crippen molar-refractivity contribution in [1.82, 2.24) is 15.0 Å². The summed E-state index contributed by atoms with van der Waals surface area (Å²) in [5.41, 5.74) is 2.18. The smallest absolute Gasteiger partial charge is 0.224 e. The average molecular weight is 249 g/mol. The number of hydrogen-bond acceptors (Lipinski definition) is 4. The first-order valence-electron chi connectivity index (χ1n) is 5.26. The quantitative estimate of drug-likeness (QED) is 0.783. The summed E-state index contributed by atoms with van der Waals surface area (Å²) in [4.78, 5) is 14.2. The van der Waals surface area contributed by atoms with E-state index in [9.17, 15) is 0 Å². The van der Waals surface area contributed by atoms with Crippen LogP contribution in [0.1, 0.15) is 11.1 Å². The molecule has 0 amide bonds. The van der Waals surface area contributed by atoms with Crippen LogP contribution in [-0.2, 0) is 6.54 Å². The van der Waals surface area contributed by atoms with Gasteiger partial charge in [-0.25, -0.2) is 9.97 Å². The van der Waals surface area contributed by atoms with Gasteiger partial charge in [0.15, 0.2) is 0 Å². The zero-order valence-corrected chi connectivity index (χ0v) is 10.5. The predicted molar refractivity (Wildman–Crippen MR) is 68.1 cm³/mol. The van der Waals surface area contributed by atoms with Crippen molar-refractivity contribution in [1.29, 1.82) is 0 Å². The number of rotatable bonds is 3. The fourth-order valence-corrected chi connectivity index (χ4v) is 1.76. The monoisotopic (exact) mass is 248 g/mol. The van der Waals surface area contributed by atoms with E-state index in [-0.39, 0.29) is 5.28 Å². The minimum absolute atomic E-state index is 0.271. The predicted octanol–water partition coefficient (Wildman–Crippen LogP) is 2.47. The standard InChI is InChI=1S/C12H13ClN4/c1-9-7-15-12(13)16-11(9)17(2)8-10-3-5-14-6-4-10/h3-7H,8H2,1-2H3. The number of pyridine rings is 1. The van der Waals surface area contributed by atoms with Crippen molar-refractivity contribution in [3.05, 3.63) is 47.1 Å². The van der Waals surface area contributed by atoms with E-state index < -0.39 is 0 Å². The van der Waals surface area contributed by atoms with Crippen LogP contribution in [0.3, 0.4) is 0 Å². The fraction of sp³-hybridized carbons (Fsp3) is 0.250. The molecule has 17 heavy (non-hydrogen) atoms. The molecule has 0 saturated heterocycles. The van der Waals surface area contributed by atoms with Crippen molar-refractivity contribution >= 4 is 17.4 Å². The summed E-state index contributed by atoms with van der Waals surface area (Å²) in [6.45, 7) is 2.73. The molecule has 2 aromatic heterocycles. The lowest BCUT2D eigenvalue weighted by Gasteiger charge is -2.19. The van der Waals surface area contributed by atoms with Crippen molar-refractivity contribution in [3.63, 3.8) is 0 Å². The van der Waals surface area contributed by atoms with Crippen LogP contribution in [-0.4, -0.2) is 22.0 Å². The molecular weight excluding hydrogens is 236 g/mol. The largest absolute Gasteiger partial charge is 0.355 e. The molecule has 0 aliphatic rings. The molecular formula is C12H13ClN4. The highest BCUT2D eigenvalue weighted by Gasteiger charge is 2.08. The normalized spacial score (nSPS) is 10.3. The number of aryl methyl sites for hydroxylation is 1. The molecule has 5 heteroatoms. The molecule has 0 unspecified atom stereocenters. The van der Waals surface area contributed by atoms with E-state index in [1.807, 2.05) is 31.0 Å². The van der Waals surface area contributed by atoms with Crippen LogP contribution in [0.25, 0.3) is 0 Å². The van der Waals surface area contributed by atoms with Crippen molar-refractivity contribution < 1.29 is 0 Å². The second kappa shape index (κ2) is 5.10. The van der Waals surface area contributed by atoms with Crippen LogP contribution in [0, 0.1) is 6.92 Å². The first kappa shape index (κ1) is 11.8. The van der Waals surface area contributed by atoms with Gasteiger partial charge in [-0.1, -0.05) is 0 Å². The molecule has 0 saturated carbocycles. The van der Waals surface area contributed by atoms with Gasteiger partial charge in [0.25, 0.3) is 0 Å². The Bertz CT molecular complexity index is 501. The van der Waals surface area contributed by atoms with Crippen molar-refractivity contribution in [2.75, 3.05) is 11.9 Å². The molecule has 2 heterocycles. The van der Waals surface area contributed by atoms with Gasteiger partial charge in [-0.2, -0.15) is 0 Å². The summed E-state index contributed by atoms with van der Waals surface area (Å²) < 4.78 is 0. The Hall–Kier alpha value is -1.68. The molecule has 0 fully saturated rings. The minimum Gasteiger partial charge on any atom is -0.355 e. The highest BCUT2D eigenvalue weighted by atomic mass is 35.5. The zero-order valence-electron chi connectivity index (χ0n) is 9.76. The molecule has 0 N–H and O–H groups in total. The first-order valence-corrected chi connectivity index (χ1v) is 5.64. The molecule has 0 aliphatic carbocycles. The Labute approximate surface area is 105 Å². The van der Waals surface area contributed by atoms with Gasteiger partial charge in [0, 0.05) is 37.7 Å². The third-order valence-corrected chi connectivity index (χ3v) is 2.63. The van der Waals surface area contributed by atoms with Gasteiger partial charge in [-0.05, 0) is 36.2 Å². The zero-order chi connectivity index (χ0) is 12.3. The van der Waals surface area contributed by atoms with Gasteiger partial charge in [0.1, 0.15) is 5.82 Å². The molecule has 2 aromatic rings. The summed E-state index contributed by atoms with van der Waals surface area (Å²) in [5, 5.41) is 0.271. The summed E-state index contributed by atoms with van der Waals surface area (Å²) in [6.07, 6.45) is 5.29. The maximum atomic E-state index is 5.80. The van der Waals surface area contributed by atoms with E-state index in [1.54, 1.807) is 18.6 Å². The van der Waals surface area contributed by atoms with Crippen molar-refractivity contribution in [2.24, 2.45) is 0 Å². The third-order valence-electron chi connectivity index (χ3n) is 2.45. The Morgan fingerprint density at radius 1 is 1.29 bits per heavy atom. The third kappa shape index (κ3) is 2.91. The van der Waals surface area contributed by atoms with E-state index >= 15 is 0 Å². The van der Waals surface area contributed by atoms with Crippen molar-refractivity contribution in [3.8, 4) is 0 Å². The van der Waals surface area contributed by atoms with Gasteiger partial charge in [0.2, 0.25) is 5.28 Å². The summed E-state index contributed by atoms with van der Waals surface area (Å²) in [6, 6.07) is 3.96. The van der Waals surface area contributed by atoms with E-state index in [0.29, 0.717) is 0 Å². The number of hydrogen-bond donors (Lipinski definition) is 0. The minimum atomic E-state index is 0.271. The van der Waals surface area contributed by atoms with Crippen LogP contribution in [0.4, 0.5) is 5.82 Å². The number of halogens is 1. The molecule has 88 valence electrons. The van der Waals surface area contributed by atoms with Crippen LogP contribution in [0.5, 0.6) is 0 Å². The van der Waals surface area contributed by atoms with E-state index in [4.69, 9.17) is 11.6 Å². The molecule has 0 bridgehead atoms. The Kier molecular flexibility index (Phi) is 3.54. The molecule has 0 aromatic carbocycles. The molecule has 0 atom stereocenters. The van der Waals surface area contributed by atoms with Crippen LogP contribution < -0.4 is 4.90 Å². The average Bonchev–Trinajstić information content (AvgIpc) is 2.33. The second-order valence-corrected chi connectivity index (χ2v) is 4.20. The molecule has 0 aliphatic heterocycles. The summed E-state index contributed by atoms with van der Waals surface area (Å²) in [7, 11) is 1.98. The summed E-state index contributed by atoms with van der Waals surface area (Å²) >= 11 is 5.80. The lowest BCUT2D eigenvalue weighted by Crippen LogP contribution is -2.19. The van der Waals surface area contributed by atoms with Crippen LogP contribution in [0.2, 0.25) is 5.28 Å². The Morgan fingerprint density at radius 2 is 2.00 bits per heavy atom. The molecule has 4 nitrogen and oxygen atoms in total. The highest BCUT2D eigenvalue weighted by Crippen LogP contribution is 2.18. The van der Waals surface area contributed by atoms with E-state index in [1.165, 1.54) is 5.56 Å². The number of nitrogens with zero attached hydrogens (tertiary/aromatic N) is 4. The maximum Gasteiger partial charge on any atom is 0.224 e. The SMILES string of the molecule is Cc1cnc(Cl)nc1N(C)Cc1ccncc1. The highest BCUT2D eigenvalue weighted by molar-refractivity contribution is 6.28. The molecule has 0 spiro atoms. The van der Waals surface area contributed by atoms with E-state index in [2.05, 4.69) is 15.0 Å². The fourth-order valence-electron chi connectivity index (χ4n) is 1.64. The van der Waals surface area contributed by atoms with Gasteiger partial charge in [0.05, 0.1) is 0 Å². The topological polar surface area (TPSA) is 41.9 Å². The molecule has 0 radical (unpaired) electrons. The lowest BCUT2D eigenvalue weighted by atomic mass is 10.2. The number of aromatic nitrogens is 3. The Morgan fingerprint density at radius 3 is 2.71 bits per heavy atom. The summed E-state index contributed by atoms with van der Waals surface area (Å²) in [5.74, 6) is 0.849. The van der Waals surface area contributed by atoms with Gasteiger partial charge >= 0.3 is 0 Å². The lowest BCUT2D eigenvalue weighted by molar-refractivity contribution is 0.880. The Balaban J connectivity index is 2.20. The first-order chi connectivity index (χ1) is 8.16. The maximum absolute atomic E-state index is 5.80. The second-order valence-electron chi connectivity index (χ2n) is 3.86.